The predicted molar refractivity (Wildman–Crippen MR) is 102 cm³/mol. The van der Waals surface area contributed by atoms with E-state index in [1.807, 2.05) is 32.9 Å². The van der Waals surface area contributed by atoms with Gasteiger partial charge in [0.25, 0.3) is 5.91 Å². The van der Waals surface area contributed by atoms with E-state index < -0.39 is 0 Å². The highest BCUT2D eigenvalue weighted by Crippen LogP contribution is 2.23. The summed E-state index contributed by atoms with van der Waals surface area (Å²) in [5.74, 6) is -0.0515. The van der Waals surface area contributed by atoms with Gasteiger partial charge in [0.05, 0.1) is 19.2 Å². The summed E-state index contributed by atoms with van der Waals surface area (Å²) in [6.45, 7) is 5.79. The van der Waals surface area contributed by atoms with Gasteiger partial charge in [0.2, 0.25) is 5.91 Å². The molecule has 0 saturated carbocycles. The Bertz CT molecular complexity index is 795. The van der Waals surface area contributed by atoms with Crippen LogP contribution in [0.15, 0.2) is 34.8 Å². The molecule has 2 aromatic carbocycles. The van der Waals surface area contributed by atoms with Crippen LogP contribution in [0.3, 0.4) is 0 Å². The van der Waals surface area contributed by atoms with E-state index in [1.165, 1.54) is 7.11 Å². The summed E-state index contributed by atoms with van der Waals surface area (Å²) in [5, 5.41) is 5.48. The molecule has 2 rings (SSSR count). The van der Waals surface area contributed by atoms with E-state index in [4.69, 9.17) is 4.74 Å². The maximum Gasteiger partial charge on any atom is 0.252 e. The minimum absolute atomic E-state index is 0.116. The standard InChI is InChI=1S/C19H21BrN2O3/c1-11-7-12(2)18(13(3)8-11)22-17(23)10-21-19(24)15-9-14(25-4)5-6-16(15)20/h5-9H,10H2,1-4H3,(H,21,24)(H,22,23). The average molecular weight is 405 g/mol. The first-order valence-electron chi connectivity index (χ1n) is 7.81. The molecule has 0 atom stereocenters. The molecular formula is C19H21BrN2O3. The normalized spacial score (nSPS) is 10.3. The first kappa shape index (κ1) is 19.0. The molecular weight excluding hydrogens is 384 g/mol. The first-order valence-corrected chi connectivity index (χ1v) is 8.60. The van der Waals surface area contributed by atoms with Crippen molar-refractivity contribution in [2.45, 2.75) is 20.8 Å². The zero-order valence-electron chi connectivity index (χ0n) is 14.7. The quantitative estimate of drug-likeness (QED) is 0.796. The van der Waals surface area contributed by atoms with Crippen LogP contribution in [0, 0.1) is 20.8 Å². The van der Waals surface area contributed by atoms with Crippen LogP contribution in [-0.2, 0) is 4.79 Å². The van der Waals surface area contributed by atoms with Gasteiger partial charge in [-0.3, -0.25) is 9.59 Å². The smallest absolute Gasteiger partial charge is 0.252 e. The Morgan fingerprint density at radius 1 is 1.08 bits per heavy atom. The van der Waals surface area contributed by atoms with Gasteiger partial charge >= 0.3 is 0 Å². The molecule has 132 valence electrons. The van der Waals surface area contributed by atoms with E-state index >= 15 is 0 Å². The van der Waals surface area contributed by atoms with Crippen molar-refractivity contribution < 1.29 is 14.3 Å². The Balaban J connectivity index is 2.02. The highest BCUT2D eigenvalue weighted by Gasteiger charge is 2.14. The van der Waals surface area contributed by atoms with Gasteiger partial charge < -0.3 is 15.4 Å². The number of anilines is 1. The Hall–Kier alpha value is -2.34. The van der Waals surface area contributed by atoms with Crippen molar-refractivity contribution in [1.29, 1.82) is 0 Å². The second kappa shape index (κ2) is 8.16. The topological polar surface area (TPSA) is 67.4 Å². The lowest BCUT2D eigenvalue weighted by atomic mass is 10.1. The molecule has 25 heavy (non-hydrogen) atoms. The number of methoxy groups -OCH3 is 1. The summed E-state index contributed by atoms with van der Waals surface area (Å²) in [7, 11) is 1.53. The largest absolute Gasteiger partial charge is 0.497 e. The van der Waals surface area contributed by atoms with E-state index in [0.717, 1.165) is 22.4 Å². The van der Waals surface area contributed by atoms with Crippen molar-refractivity contribution in [3.05, 3.63) is 57.1 Å². The van der Waals surface area contributed by atoms with E-state index in [9.17, 15) is 9.59 Å². The number of hydrogen-bond acceptors (Lipinski definition) is 3. The van der Waals surface area contributed by atoms with Crippen LogP contribution in [-0.4, -0.2) is 25.5 Å². The van der Waals surface area contributed by atoms with Crippen LogP contribution in [0.4, 0.5) is 5.69 Å². The van der Waals surface area contributed by atoms with Gasteiger partial charge in [-0.2, -0.15) is 0 Å². The van der Waals surface area contributed by atoms with Gasteiger partial charge in [-0.05, 0) is 66.0 Å². The van der Waals surface area contributed by atoms with Crippen molar-refractivity contribution in [2.24, 2.45) is 0 Å². The molecule has 0 heterocycles. The number of nitrogens with one attached hydrogen (secondary N) is 2. The van der Waals surface area contributed by atoms with Crippen LogP contribution in [0.5, 0.6) is 5.75 Å². The maximum absolute atomic E-state index is 12.3. The summed E-state index contributed by atoms with van der Waals surface area (Å²) in [5.41, 5.74) is 4.33. The fourth-order valence-electron chi connectivity index (χ4n) is 2.62. The van der Waals surface area contributed by atoms with Crippen LogP contribution < -0.4 is 15.4 Å². The molecule has 5 nitrogen and oxygen atoms in total. The summed E-state index contributed by atoms with van der Waals surface area (Å²) >= 11 is 3.33. The molecule has 0 radical (unpaired) electrons. The number of hydrogen-bond donors (Lipinski definition) is 2. The van der Waals surface area contributed by atoms with Gasteiger partial charge in [-0.1, -0.05) is 17.7 Å². The third kappa shape index (κ3) is 4.82. The average Bonchev–Trinajstić information content (AvgIpc) is 2.56. The second-order valence-corrected chi connectivity index (χ2v) is 6.70. The number of benzene rings is 2. The Labute approximate surface area is 155 Å². The van der Waals surface area contributed by atoms with E-state index in [2.05, 4.69) is 26.6 Å². The molecule has 0 aromatic heterocycles. The number of halogens is 1. The molecule has 2 amide bonds. The lowest BCUT2D eigenvalue weighted by molar-refractivity contribution is -0.115. The molecule has 0 aliphatic heterocycles. The van der Waals surface area contributed by atoms with E-state index in [-0.39, 0.29) is 18.4 Å². The van der Waals surface area contributed by atoms with Gasteiger partial charge in [0, 0.05) is 10.2 Å². The summed E-state index contributed by atoms with van der Waals surface area (Å²) < 4.78 is 5.76. The number of ether oxygens (including phenoxy) is 1. The fraction of sp³-hybridized carbons (Fsp3) is 0.263. The Morgan fingerprint density at radius 3 is 2.32 bits per heavy atom. The summed E-state index contributed by atoms with van der Waals surface area (Å²) in [6.07, 6.45) is 0. The molecule has 0 fully saturated rings. The van der Waals surface area contributed by atoms with Crippen LogP contribution in [0.2, 0.25) is 0 Å². The van der Waals surface area contributed by atoms with Gasteiger partial charge in [-0.25, -0.2) is 0 Å². The van der Waals surface area contributed by atoms with Crippen molar-refractivity contribution >= 4 is 33.4 Å². The Kier molecular flexibility index (Phi) is 6.20. The molecule has 0 aliphatic carbocycles. The van der Waals surface area contributed by atoms with Crippen molar-refractivity contribution in [1.82, 2.24) is 5.32 Å². The molecule has 0 bridgehead atoms. The molecule has 2 N–H and O–H groups in total. The highest BCUT2D eigenvalue weighted by atomic mass is 79.9. The van der Waals surface area contributed by atoms with E-state index in [1.54, 1.807) is 18.2 Å². The predicted octanol–water partition coefficient (Wildman–Crippen LogP) is 3.75. The van der Waals surface area contributed by atoms with Gasteiger partial charge in [0.15, 0.2) is 0 Å². The van der Waals surface area contributed by atoms with Gasteiger partial charge in [-0.15, -0.1) is 0 Å². The fourth-order valence-corrected chi connectivity index (χ4v) is 3.05. The SMILES string of the molecule is COc1ccc(Br)c(C(=O)NCC(=O)Nc2c(C)cc(C)cc2C)c1. The van der Waals surface area contributed by atoms with Gasteiger partial charge in [0.1, 0.15) is 5.75 Å². The number of carbonyl (C=O) groups is 2. The second-order valence-electron chi connectivity index (χ2n) is 5.85. The van der Waals surface area contributed by atoms with Crippen molar-refractivity contribution in [3.8, 4) is 5.75 Å². The summed E-state index contributed by atoms with van der Waals surface area (Å²) in [4.78, 5) is 24.5. The number of aryl methyl sites for hydroxylation is 3. The maximum atomic E-state index is 12.3. The molecule has 2 aromatic rings. The number of amides is 2. The lowest BCUT2D eigenvalue weighted by Gasteiger charge is -2.13. The molecule has 0 spiro atoms. The molecule has 0 saturated heterocycles. The summed E-state index contributed by atoms with van der Waals surface area (Å²) in [6, 6.07) is 9.11. The minimum atomic E-state index is -0.349. The highest BCUT2D eigenvalue weighted by molar-refractivity contribution is 9.10. The zero-order chi connectivity index (χ0) is 18.6. The van der Waals surface area contributed by atoms with Crippen LogP contribution in [0.1, 0.15) is 27.0 Å². The third-order valence-corrected chi connectivity index (χ3v) is 4.46. The van der Waals surface area contributed by atoms with E-state index in [0.29, 0.717) is 15.8 Å². The monoisotopic (exact) mass is 404 g/mol. The zero-order valence-corrected chi connectivity index (χ0v) is 16.3. The molecule has 0 aliphatic rings. The molecule has 6 heteroatoms. The van der Waals surface area contributed by atoms with Crippen LogP contribution >= 0.6 is 15.9 Å². The minimum Gasteiger partial charge on any atom is -0.497 e. The van der Waals surface area contributed by atoms with Crippen molar-refractivity contribution in [2.75, 3.05) is 19.0 Å². The number of rotatable bonds is 5. The lowest BCUT2D eigenvalue weighted by Crippen LogP contribution is -2.33. The number of carbonyl (C=O) groups excluding carboxylic acids is 2. The van der Waals surface area contributed by atoms with Crippen LogP contribution in [0.25, 0.3) is 0 Å². The third-order valence-electron chi connectivity index (χ3n) is 3.77. The van der Waals surface area contributed by atoms with Crippen molar-refractivity contribution in [3.63, 3.8) is 0 Å². The first-order chi connectivity index (χ1) is 11.8. The molecule has 0 unspecified atom stereocenters. The Morgan fingerprint density at radius 2 is 1.72 bits per heavy atom.